The van der Waals surface area contributed by atoms with Gasteiger partial charge in [0, 0.05) is 38.4 Å². The van der Waals surface area contributed by atoms with Crippen LogP contribution >= 0.6 is 24.0 Å². The molecule has 0 amide bonds. The van der Waals surface area contributed by atoms with Crippen molar-refractivity contribution in [3.63, 3.8) is 0 Å². The third-order valence-corrected chi connectivity index (χ3v) is 4.90. The highest BCUT2D eigenvalue weighted by Crippen LogP contribution is 2.20. The maximum Gasteiger partial charge on any atom is 0.191 e. The first-order chi connectivity index (χ1) is 13.2. The number of halogens is 1. The van der Waals surface area contributed by atoms with Crippen molar-refractivity contribution in [2.24, 2.45) is 4.99 Å². The number of nitriles is 1. The lowest BCUT2D eigenvalue weighted by Crippen LogP contribution is -2.51. The normalized spacial score (nSPS) is 16.7. The zero-order valence-corrected chi connectivity index (χ0v) is 18.8. The second-order valence-corrected chi connectivity index (χ2v) is 7.00. The summed E-state index contributed by atoms with van der Waals surface area (Å²) in [5, 5.41) is 15.9. The highest BCUT2D eigenvalue weighted by molar-refractivity contribution is 14.0. The fourth-order valence-electron chi connectivity index (χ4n) is 3.41. The van der Waals surface area contributed by atoms with Gasteiger partial charge in [0.15, 0.2) is 5.96 Å². The summed E-state index contributed by atoms with van der Waals surface area (Å²) in [7, 11) is 1.79. The first-order valence-corrected chi connectivity index (χ1v) is 9.46. The molecule has 0 aliphatic carbocycles. The SMILES string of the molecule is CN=C(NCc1cccc(C#N)c1)NC1CCCN(c2ccc(C)cc2)C1.I. The molecule has 0 radical (unpaired) electrons. The lowest BCUT2D eigenvalue weighted by Gasteiger charge is -2.35. The van der Waals surface area contributed by atoms with Crippen LogP contribution < -0.4 is 15.5 Å². The van der Waals surface area contributed by atoms with Crippen LogP contribution in [0.25, 0.3) is 0 Å². The number of anilines is 1. The standard InChI is InChI=1S/C22H27N5.HI/c1-17-8-10-21(11-9-17)27-12-4-7-20(16-27)26-22(24-2)25-15-19-6-3-5-18(13-19)14-23;/h3,5-6,8-11,13,20H,4,7,12,15-16H2,1-2H3,(H2,24,25,26);1H. The van der Waals surface area contributed by atoms with Gasteiger partial charge in [-0.1, -0.05) is 29.8 Å². The molecule has 1 fully saturated rings. The number of rotatable bonds is 4. The molecule has 148 valence electrons. The van der Waals surface area contributed by atoms with Crippen molar-refractivity contribution in [2.45, 2.75) is 32.4 Å². The lowest BCUT2D eigenvalue weighted by molar-refractivity contribution is 0.468. The number of hydrogen-bond donors (Lipinski definition) is 2. The topological polar surface area (TPSA) is 63.5 Å². The van der Waals surface area contributed by atoms with Crippen molar-refractivity contribution in [3.05, 3.63) is 65.2 Å². The van der Waals surface area contributed by atoms with Gasteiger partial charge in [0.2, 0.25) is 0 Å². The molecule has 0 aromatic heterocycles. The maximum absolute atomic E-state index is 9.02. The zero-order chi connectivity index (χ0) is 19.1. The molecule has 0 bridgehead atoms. The number of hydrogen-bond acceptors (Lipinski definition) is 3. The Bertz CT molecular complexity index is 826. The highest BCUT2D eigenvalue weighted by Gasteiger charge is 2.20. The molecule has 0 saturated carbocycles. The molecule has 1 aliphatic heterocycles. The number of nitrogens with one attached hydrogen (secondary N) is 2. The number of nitrogens with zero attached hydrogens (tertiary/aromatic N) is 3. The maximum atomic E-state index is 9.02. The summed E-state index contributed by atoms with van der Waals surface area (Å²) in [5.74, 6) is 0.799. The summed E-state index contributed by atoms with van der Waals surface area (Å²) in [6, 6.07) is 18.9. The van der Waals surface area contributed by atoms with E-state index in [0.29, 0.717) is 18.2 Å². The Labute approximate surface area is 184 Å². The van der Waals surface area contributed by atoms with E-state index in [0.717, 1.165) is 37.5 Å². The fourth-order valence-corrected chi connectivity index (χ4v) is 3.41. The van der Waals surface area contributed by atoms with Gasteiger partial charge in [-0.05, 0) is 49.6 Å². The van der Waals surface area contributed by atoms with Crippen LogP contribution in [0.15, 0.2) is 53.5 Å². The van der Waals surface area contributed by atoms with Crippen LogP contribution in [-0.4, -0.2) is 32.1 Å². The number of guanidine groups is 1. The van der Waals surface area contributed by atoms with Crippen molar-refractivity contribution >= 4 is 35.6 Å². The first kappa shape index (κ1) is 22.0. The van der Waals surface area contributed by atoms with E-state index >= 15 is 0 Å². The fraction of sp³-hybridized carbons (Fsp3) is 0.364. The van der Waals surface area contributed by atoms with Gasteiger partial charge in [0.05, 0.1) is 11.6 Å². The summed E-state index contributed by atoms with van der Waals surface area (Å²) < 4.78 is 0. The predicted octanol–water partition coefficient (Wildman–Crippen LogP) is 3.82. The highest BCUT2D eigenvalue weighted by atomic mass is 127. The van der Waals surface area contributed by atoms with Crippen LogP contribution in [0.1, 0.15) is 29.5 Å². The van der Waals surface area contributed by atoms with E-state index in [-0.39, 0.29) is 24.0 Å². The van der Waals surface area contributed by atoms with E-state index < -0.39 is 0 Å². The van der Waals surface area contributed by atoms with Crippen LogP contribution in [0.4, 0.5) is 5.69 Å². The Morgan fingerprint density at radius 1 is 1.25 bits per heavy atom. The third-order valence-electron chi connectivity index (χ3n) is 4.90. The number of piperidine rings is 1. The monoisotopic (exact) mass is 489 g/mol. The second-order valence-electron chi connectivity index (χ2n) is 7.00. The Balaban J connectivity index is 0.00000280. The molecule has 1 unspecified atom stereocenters. The predicted molar refractivity (Wildman–Crippen MR) is 126 cm³/mol. The van der Waals surface area contributed by atoms with Gasteiger partial charge in [-0.3, -0.25) is 4.99 Å². The molecule has 0 spiro atoms. The van der Waals surface area contributed by atoms with Gasteiger partial charge in [-0.15, -0.1) is 24.0 Å². The third kappa shape index (κ3) is 6.13. The molecule has 2 aromatic rings. The minimum absolute atomic E-state index is 0. The molecule has 1 saturated heterocycles. The van der Waals surface area contributed by atoms with Gasteiger partial charge in [0.1, 0.15) is 0 Å². The summed E-state index contributed by atoms with van der Waals surface area (Å²) in [4.78, 5) is 6.79. The van der Waals surface area contributed by atoms with E-state index in [1.807, 2.05) is 24.3 Å². The van der Waals surface area contributed by atoms with Crippen molar-refractivity contribution in [1.82, 2.24) is 10.6 Å². The lowest BCUT2D eigenvalue weighted by atomic mass is 10.0. The van der Waals surface area contributed by atoms with Gasteiger partial charge in [-0.25, -0.2) is 0 Å². The Morgan fingerprint density at radius 3 is 2.75 bits per heavy atom. The summed E-state index contributed by atoms with van der Waals surface area (Å²) in [6.45, 7) is 4.82. The van der Waals surface area contributed by atoms with Crippen LogP contribution in [0, 0.1) is 18.3 Å². The van der Waals surface area contributed by atoms with E-state index in [2.05, 4.69) is 57.8 Å². The minimum Gasteiger partial charge on any atom is -0.369 e. The number of aliphatic imine (C=N–C) groups is 1. The molecule has 2 N–H and O–H groups in total. The van der Waals surface area contributed by atoms with E-state index in [4.69, 9.17) is 5.26 Å². The average molecular weight is 489 g/mol. The van der Waals surface area contributed by atoms with Gasteiger partial charge in [0.25, 0.3) is 0 Å². The molecule has 3 rings (SSSR count). The zero-order valence-electron chi connectivity index (χ0n) is 16.5. The van der Waals surface area contributed by atoms with Crippen LogP contribution in [0.2, 0.25) is 0 Å². The molecule has 1 heterocycles. The largest absolute Gasteiger partial charge is 0.369 e. The molecule has 1 aliphatic rings. The molecule has 2 aromatic carbocycles. The molecular formula is C22H28IN5. The Kier molecular flexibility index (Phi) is 8.58. The Morgan fingerprint density at radius 2 is 2.04 bits per heavy atom. The van der Waals surface area contributed by atoms with Crippen LogP contribution in [0.3, 0.4) is 0 Å². The minimum atomic E-state index is 0. The summed E-state index contributed by atoms with van der Waals surface area (Å²) in [6.07, 6.45) is 2.29. The Hall–Kier alpha value is -2.27. The van der Waals surface area contributed by atoms with Crippen LogP contribution in [0.5, 0.6) is 0 Å². The molecule has 1 atom stereocenters. The van der Waals surface area contributed by atoms with Gasteiger partial charge in [-0.2, -0.15) is 5.26 Å². The molecular weight excluding hydrogens is 461 g/mol. The van der Waals surface area contributed by atoms with Crippen molar-refractivity contribution < 1.29 is 0 Å². The first-order valence-electron chi connectivity index (χ1n) is 9.46. The average Bonchev–Trinajstić information content (AvgIpc) is 2.72. The van der Waals surface area contributed by atoms with Crippen molar-refractivity contribution in [1.29, 1.82) is 5.26 Å². The van der Waals surface area contributed by atoms with Crippen LogP contribution in [-0.2, 0) is 6.54 Å². The van der Waals surface area contributed by atoms with Crippen molar-refractivity contribution in [3.8, 4) is 6.07 Å². The van der Waals surface area contributed by atoms with E-state index in [1.165, 1.54) is 11.3 Å². The molecule has 28 heavy (non-hydrogen) atoms. The van der Waals surface area contributed by atoms with Crippen molar-refractivity contribution in [2.75, 3.05) is 25.0 Å². The van der Waals surface area contributed by atoms with Gasteiger partial charge < -0.3 is 15.5 Å². The molecule has 6 heteroatoms. The number of benzene rings is 2. The van der Waals surface area contributed by atoms with E-state index in [9.17, 15) is 0 Å². The summed E-state index contributed by atoms with van der Waals surface area (Å²) in [5.41, 5.74) is 4.32. The smallest absolute Gasteiger partial charge is 0.191 e. The molecule has 5 nitrogen and oxygen atoms in total. The number of aryl methyl sites for hydroxylation is 1. The second kappa shape index (κ2) is 10.9. The van der Waals surface area contributed by atoms with Gasteiger partial charge >= 0.3 is 0 Å². The van der Waals surface area contributed by atoms with E-state index in [1.54, 1.807) is 7.05 Å². The quantitative estimate of drug-likeness (QED) is 0.390. The summed E-state index contributed by atoms with van der Waals surface area (Å²) >= 11 is 0.